The lowest BCUT2D eigenvalue weighted by atomic mass is 9.99. The number of halogens is 4. The first-order chi connectivity index (χ1) is 16.0. The normalized spacial score (nSPS) is 25.0. The van der Waals surface area contributed by atoms with E-state index in [1.807, 2.05) is 0 Å². The first kappa shape index (κ1) is 26.1. The Kier molecular flexibility index (Phi) is 8.28. The quantitative estimate of drug-likeness (QED) is 0.295. The standard InChI is InChI=1S/C21H21F4NO7S/c22-13-7-10(9-31-20(34)26-12-4-2-11(3-5-12)21(23,24)25)1-6-14(13)32-19-18(30)17(29)16(28)15(8-27)33-19/h1-7,15-19,27-30H,8-9H2,(H,26,34)/t15-,16-,17+,18-,19-/m1/s1. The van der Waals surface area contributed by atoms with Gasteiger partial charge in [0.25, 0.3) is 5.17 Å². The highest BCUT2D eigenvalue weighted by molar-refractivity contribution is 7.80. The Labute approximate surface area is 196 Å². The maximum absolute atomic E-state index is 14.5. The predicted octanol–water partition coefficient (Wildman–Crippen LogP) is 1.94. The summed E-state index contributed by atoms with van der Waals surface area (Å²) in [7, 11) is 0. The van der Waals surface area contributed by atoms with E-state index in [4.69, 9.17) is 26.4 Å². The molecule has 13 heteroatoms. The van der Waals surface area contributed by atoms with Crippen LogP contribution in [0.2, 0.25) is 0 Å². The topological polar surface area (TPSA) is 121 Å². The molecule has 0 spiro atoms. The van der Waals surface area contributed by atoms with Crippen molar-refractivity contribution in [3.05, 3.63) is 59.4 Å². The van der Waals surface area contributed by atoms with Crippen LogP contribution < -0.4 is 10.1 Å². The number of hydrogen-bond donors (Lipinski definition) is 5. The van der Waals surface area contributed by atoms with E-state index in [2.05, 4.69) is 5.32 Å². The third kappa shape index (κ3) is 6.31. The Morgan fingerprint density at radius 3 is 2.29 bits per heavy atom. The van der Waals surface area contributed by atoms with Crippen molar-refractivity contribution in [3.8, 4) is 5.75 Å². The number of nitrogens with one attached hydrogen (secondary N) is 1. The van der Waals surface area contributed by atoms with E-state index in [9.17, 15) is 38.0 Å². The summed E-state index contributed by atoms with van der Waals surface area (Å²) in [6, 6.07) is 7.82. The fourth-order valence-corrected chi connectivity index (χ4v) is 3.24. The highest BCUT2D eigenvalue weighted by Crippen LogP contribution is 2.30. The van der Waals surface area contributed by atoms with E-state index in [0.717, 1.165) is 18.2 Å². The van der Waals surface area contributed by atoms with Crippen LogP contribution in [0.1, 0.15) is 11.1 Å². The molecule has 0 amide bonds. The van der Waals surface area contributed by atoms with Crippen molar-refractivity contribution in [2.24, 2.45) is 0 Å². The SMILES string of the molecule is OC[C@H]1O[C@@H](Oc2ccc(COC(=S)Nc3ccc(C(F)(F)F)cc3)cc2F)[C@H](O)[C@@H](O)[C@@H]1O. The van der Waals surface area contributed by atoms with Gasteiger partial charge in [0.05, 0.1) is 12.2 Å². The average Bonchev–Trinajstić information content (AvgIpc) is 2.79. The number of ether oxygens (including phenoxy) is 3. The van der Waals surface area contributed by atoms with Crippen LogP contribution in [0.5, 0.6) is 5.75 Å². The van der Waals surface area contributed by atoms with Crippen LogP contribution in [0.25, 0.3) is 0 Å². The predicted molar refractivity (Wildman–Crippen MR) is 113 cm³/mol. The van der Waals surface area contributed by atoms with Gasteiger partial charge >= 0.3 is 6.18 Å². The molecule has 3 rings (SSSR count). The number of aliphatic hydroxyl groups is 4. The van der Waals surface area contributed by atoms with Gasteiger partial charge in [0.1, 0.15) is 31.0 Å². The van der Waals surface area contributed by atoms with E-state index < -0.39 is 54.9 Å². The molecular weight excluding hydrogens is 486 g/mol. The van der Waals surface area contributed by atoms with E-state index >= 15 is 0 Å². The maximum Gasteiger partial charge on any atom is 0.416 e. The van der Waals surface area contributed by atoms with E-state index in [1.165, 1.54) is 24.3 Å². The molecule has 186 valence electrons. The largest absolute Gasteiger partial charge is 0.466 e. The van der Waals surface area contributed by atoms with Crippen molar-refractivity contribution >= 4 is 23.1 Å². The monoisotopic (exact) mass is 507 g/mol. The Bertz CT molecular complexity index is 990. The van der Waals surface area contributed by atoms with Crippen LogP contribution in [-0.4, -0.2) is 62.9 Å². The summed E-state index contributed by atoms with van der Waals surface area (Å²) in [5.74, 6) is -1.20. The van der Waals surface area contributed by atoms with Gasteiger partial charge in [0.2, 0.25) is 6.29 Å². The summed E-state index contributed by atoms with van der Waals surface area (Å²) in [5, 5.41) is 41.2. The Morgan fingerprint density at radius 1 is 1.03 bits per heavy atom. The lowest BCUT2D eigenvalue weighted by molar-refractivity contribution is -0.277. The Balaban J connectivity index is 1.55. The molecule has 0 radical (unpaired) electrons. The molecule has 1 aliphatic heterocycles. The van der Waals surface area contributed by atoms with Crippen LogP contribution in [0.4, 0.5) is 23.2 Å². The third-order valence-electron chi connectivity index (χ3n) is 4.92. The van der Waals surface area contributed by atoms with Crippen molar-refractivity contribution in [1.29, 1.82) is 0 Å². The van der Waals surface area contributed by atoms with Crippen molar-refractivity contribution in [3.63, 3.8) is 0 Å². The van der Waals surface area contributed by atoms with E-state index in [1.54, 1.807) is 0 Å². The highest BCUT2D eigenvalue weighted by atomic mass is 32.1. The molecule has 5 N–H and O–H groups in total. The van der Waals surface area contributed by atoms with Crippen molar-refractivity contribution in [2.75, 3.05) is 11.9 Å². The maximum atomic E-state index is 14.5. The number of thiocarbonyl (C=S) groups is 1. The fourth-order valence-electron chi connectivity index (χ4n) is 3.06. The second kappa shape index (κ2) is 10.8. The molecule has 0 bridgehead atoms. The lowest BCUT2D eigenvalue weighted by Gasteiger charge is -2.39. The van der Waals surface area contributed by atoms with Gasteiger partial charge < -0.3 is 40.0 Å². The molecule has 34 heavy (non-hydrogen) atoms. The molecule has 1 saturated heterocycles. The van der Waals surface area contributed by atoms with Crippen LogP contribution in [0.15, 0.2) is 42.5 Å². The summed E-state index contributed by atoms with van der Waals surface area (Å²) < 4.78 is 68.0. The van der Waals surface area contributed by atoms with Crippen molar-refractivity contribution < 1.29 is 52.2 Å². The van der Waals surface area contributed by atoms with Gasteiger partial charge in [-0.25, -0.2) is 4.39 Å². The smallest absolute Gasteiger partial charge is 0.416 e. The second-order valence-electron chi connectivity index (χ2n) is 7.36. The van der Waals surface area contributed by atoms with Gasteiger partial charge in [0, 0.05) is 5.69 Å². The van der Waals surface area contributed by atoms with Gasteiger partial charge in [-0.15, -0.1) is 0 Å². The Hall–Kier alpha value is -2.55. The van der Waals surface area contributed by atoms with Gasteiger partial charge in [0.15, 0.2) is 11.6 Å². The van der Waals surface area contributed by atoms with Gasteiger partial charge in [-0.1, -0.05) is 6.07 Å². The molecule has 2 aromatic carbocycles. The summed E-state index contributed by atoms with van der Waals surface area (Å²) in [5.41, 5.74) is -0.214. The number of anilines is 1. The summed E-state index contributed by atoms with van der Waals surface area (Å²) in [4.78, 5) is 0. The van der Waals surface area contributed by atoms with Crippen LogP contribution >= 0.6 is 12.2 Å². The molecule has 0 aromatic heterocycles. The zero-order valence-electron chi connectivity index (χ0n) is 17.3. The molecule has 1 aliphatic rings. The van der Waals surface area contributed by atoms with Crippen molar-refractivity contribution in [2.45, 2.75) is 43.5 Å². The number of benzene rings is 2. The first-order valence-corrected chi connectivity index (χ1v) is 10.3. The summed E-state index contributed by atoms with van der Waals surface area (Å²) >= 11 is 4.98. The molecule has 1 heterocycles. The molecule has 0 aliphatic carbocycles. The molecule has 2 aromatic rings. The van der Waals surface area contributed by atoms with E-state index in [-0.39, 0.29) is 23.2 Å². The third-order valence-corrected chi connectivity index (χ3v) is 5.14. The number of aliphatic hydroxyl groups excluding tert-OH is 4. The molecule has 0 saturated carbocycles. The molecule has 0 unspecified atom stereocenters. The van der Waals surface area contributed by atoms with Gasteiger partial charge in [-0.05, 0) is 54.2 Å². The number of alkyl halides is 3. The number of rotatable bonds is 6. The van der Waals surface area contributed by atoms with Crippen LogP contribution in [0, 0.1) is 5.82 Å². The summed E-state index contributed by atoms with van der Waals surface area (Å²) in [6.07, 6.45) is -12.2. The molecule has 1 fully saturated rings. The van der Waals surface area contributed by atoms with E-state index in [0.29, 0.717) is 5.56 Å². The zero-order valence-corrected chi connectivity index (χ0v) is 18.1. The fraction of sp³-hybridized carbons (Fsp3) is 0.381. The minimum atomic E-state index is -4.46. The van der Waals surface area contributed by atoms with Gasteiger partial charge in [-0.2, -0.15) is 13.2 Å². The van der Waals surface area contributed by atoms with Crippen LogP contribution in [0.3, 0.4) is 0 Å². The minimum Gasteiger partial charge on any atom is -0.466 e. The average molecular weight is 507 g/mol. The molecule has 8 nitrogen and oxygen atoms in total. The zero-order chi connectivity index (χ0) is 25.0. The highest BCUT2D eigenvalue weighted by Gasteiger charge is 2.44. The Morgan fingerprint density at radius 2 is 1.71 bits per heavy atom. The van der Waals surface area contributed by atoms with Gasteiger partial charge in [-0.3, -0.25) is 0 Å². The molecular formula is C21H21F4NO7S. The van der Waals surface area contributed by atoms with Crippen molar-refractivity contribution in [1.82, 2.24) is 0 Å². The minimum absolute atomic E-state index is 0.151. The molecule has 5 atom stereocenters. The van der Waals surface area contributed by atoms with Crippen LogP contribution in [-0.2, 0) is 22.3 Å². The summed E-state index contributed by atoms with van der Waals surface area (Å²) in [6.45, 7) is -0.840. The second-order valence-corrected chi connectivity index (χ2v) is 7.73. The number of hydrogen-bond acceptors (Lipinski definition) is 8. The first-order valence-electron chi connectivity index (χ1n) is 9.86. The lowest BCUT2D eigenvalue weighted by Crippen LogP contribution is -2.60.